The Labute approximate surface area is 94.5 Å². The van der Waals surface area contributed by atoms with Crippen molar-refractivity contribution in [3.8, 4) is 0 Å². The predicted octanol–water partition coefficient (Wildman–Crippen LogP) is 2.56. The highest BCUT2D eigenvalue weighted by molar-refractivity contribution is 4.79. The van der Waals surface area contributed by atoms with E-state index in [0.29, 0.717) is 18.6 Å². The van der Waals surface area contributed by atoms with Crippen LogP contribution in [0.15, 0.2) is 0 Å². The second-order valence-corrected chi connectivity index (χ2v) is 4.94. The highest BCUT2D eigenvalue weighted by atomic mass is 16.3. The lowest BCUT2D eigenvalue weighted by Gasteiger charge is -2.22. The van der Waals surface area contributed by atoms with Gasteiger partial charge in [-0.15, -0.1) is 0 Å². The van der Waals surface area contributed by atoms with Crippen LogP contribution in [0.1, 0.15) is 52.4 Å². The summed E-state index contributed by atoms with van der Waals surface area (Å²) >= 11 is 0. The smallest absolute Gasteiger partial charge is 0.0462 e. The molecule has 0 aliphatic heterocycles. The maximum atomic E-state index is 9.23. The van der Waals surface area contributed by atoms with Crippen LogP contribution in [0.5, 0.6) is 0 Å². The molecular formula is C13H27NO. The van der Waals surface area contributed by atoms with E-state index in [1.807, 2.05) is 0 Å². The van der Waals surface area contributed by atoms with Crippen molar-refractivity contribution in [1.82, 2.24) is 5.32 Å². The third-order valence-electron chi connectivity index (χ3n) is 3.85. The minimum absolute atomic E-state index is 0.386. The Morgan fingerprint density at radius 3 is 2.60 bits per heavy atom. The van der Waals surface area contributed by atoms with E-state index in [1.165, 1.54) is 38.5 Å². The van der Waals surface area contributed by atoms with E-state index in [0.717, 1.165) is 12.5 Å². The molecule has 0 aromatic carbocycles. The maximum Gasteiger partial charge on any atom is 0.0462 e. The van der Waals surface area contributed by atoms with E-state index in [1.54, 1.807) is 0 Å². The number of aliphatic hydroxyl groups is 1. The normalized spacial score (nSPS) is 28.2. The first-order valence-corrected chi connectivity index (χ1v) is 6.66. The zero-order chi connectivity index (χ0) is 11.1. The van der Waals surface area contributed by atoms with Crippen molar-refractivity contribution in [2.45, 2.75) is 58.4 Å². The van der Waals surface area contributed by atoms with Gasteiger partial charge in [0.2, 0.25) is 0 Å². The Morgan fingerprint density at radius 2 is 2.00 bits per heavy atom. The van der Waals surface area contributed by atoms with Crippen LogP contribution in [0.2, 0.25) is 0 Å². The van der Waals surface area contributed by atoms with Crippen molar-refractivity contribution in [3.63, 3.8) is 0 Å². The van der Waals surface area contributed by atoms with E-state index >= 15 is 0 Å². The molecule has 0 aromatic heterocycles. The van der Waals surface area contributed by atoms with E-state index in [2.05, 4.69) is 19.2 Å². The summed E-state index contributed by atoms with van der Waals surface area (Å²) in [7, 11) is 0. The molecule has 0 spiro atoms. The number of rotatable bonds is 7. The fourth-order valence-electron chi connectivity index (χ4n) is 2.74. The molecule has 3 atom stereocenters. The van der Waals surface area contributed by atoms with Crippen molar-refractivity contribution >= 4 is 0 Å². The van der Waals surface area contributed by atoms with Crippen LogP contribution in [0, 0.1) is 11.8 Å². The summed E-state index contributed by atoms with van der Waals surface area (Å²) in [4.78, 5) is 0. The standard InChI is InChI=1S/C13H27NO/c1-3-6-13(4-2)14-9-11-7-5-8-12(11)10-15/h11-15H,3-10H2,1-2H3. The van der Waals surface area contributed by atoms with E-state index < -0.39 is 0 Å². The molecule has 1 fully saturated rings. The van der Waals surface area contributed by atoms with Gasteiger partial charge in [0.1, 0.15) is 0 Å². The lowest BCUT2D eigenvalue weighted by molar-refractivity contribution is 0.189. The van der Waals surface area contributed by atoms with E-state index in [9.17, 15) is 5.11 Å². The third kappa shape index (κ3) is 4.12. The number of hydrogen-bond acceptors (Lipinski definition) is 2. The van der Waals surface area contributed by atoms with Crippen LogP contribution in [0.4, 0.5) is 0 Å². The first-order chi connectivity index (χ1) is 7.31. The van der Waals surface area contributed by atoms with Crippen LogP contribution in [-0.2, 0) is 0 Å². The Hall–Kier alpha value is -0.0800. The molecule has 0 aromatic rings. The van der Waals surface area contributed by atoms with Gasteiger partial charge in [-0.3, -0.25) is 0 Å². The first-order valence-electron chi connectivity index (χ1n) is 6.66. The monoisotopic (exact) mass is 213 g/mol. The molecule has 2 heteroatoms. The van der Waals surface area contributed by atoms with Crippen molar-refractivity contribution in [2.24, 2.45) is 11.8 Å². The largest absolute Gasteiger partial charge is 0.396 e. The molecule has 0 bridgehead atoms. The molecule has 0 heterocycles. The van der Waals surface area contributed by atoms with Gasteiger partial charge < -0.3 is 10.4 Å². The SMILES string of the molecule is CCCC(CC)NCC1CCCC1CO. The predicted molar refractivity (Wildman–Crippen MR) is 64.9 cm³/mol. The highest BCUT2D eigenvalue weighted by Crippen LogP contribution is 2.30. The van der Waals surface area contributed by atoms with Crippen LogP contribution in [0.25, 0.3) is 0 Å². The van der Waals surface area contributed by atoms with Gasteiger partial charge in [-0.25, -0.2) is 0 Å². The van der Waals surface area contributed by atoms with E-state index in [-0.39, 0.29) is 0 Å². The van der Waals surface area contributed by atoms with Crippen LogP contribution in [-0.4, -0.2) is 24.3 Å². The average molecular weight is 213 g/mol. The molecule has 1 rings (SSSR count). The van der Waals surface area contributed by atoms with Crippen LogP contribution >= 0.6 is 0 Å². The summed E-state index contributed by atoms with van der Waals surface area (Å²) < 4.78 is 0. The van der Waals surface area contributed by atoms with E-state index in [4.69, 9.17) is 0 Å². The van der Waals surface area contributed by atoms with Gasteiger partial charge in [-0.2, -0.15) is 0 Å². The highest BCUT2D eigenvalue weighted by Gasteiger charge is 2.26. The molecule has 2 N–H and O–H groups in total. The summed E-state index contributed by atoms with van der Waals surface area (Å²) in [6.07, 6.45) is 7.62. The second kappa shape index (κ2) is 7.24. The third-order valence-corrected chi connectivity index (χ3v) is 3.85. The number of nitrogens with one attached hydrogen (secondary N) is 1. The lowest BCUT2D eigenvalue weighted by atomic mass is 9.96. The first kappa shape index (κ1) is 13.0. The van der Waals surface area contributed by atoms with Gasteiger partial charge in [-0.05, 0) is 44.1 Å². The van der Waals surface area contributed by atoms with Crippen molar-refractivity contribution < 1.29 is 5.11 Å². The van der Waals surface area contributed by atoms with Gasteiger partial charge in [0.25, 0.3) is 0 Å². The molecule has 1 aliphatic rings. The van der Waals surface area contributed by atoms with Crippen molar-refractivity contribution in [1.29, 1.82) is 0 Å². The molecule has 1 aliphatic carbocycles. The molecule has 90 valence electrons. The quantitative estimate of drug-likeness (QED) is 0.681. The zero-order valence-corrected chi connectivity index (χ0v) is 10.3. The van der Waals surface area contributed by atoms with Crippen LogP contribution < -0.4 is 5.32 Å². The Balaban J connectivity index is 2.22. The molecule has 2 nitrogen and oxygen atoms in total. The molecule has 0 saturated heterocycles. The number of aliphatic hydroxyl groups excluding tert-OH is 1. The van der Waals surface area contributed by atoms with Gasteiger partial charge in [0, 0.05) is 12.6 Å². The topological polar surface area (TPSA) is 32.3 Å². The van der Waals surface area contributed by atoms with Gasteiger partial charge in [0.15, 0.2) is 0 Å². The van der Waals surface area contributed by atoms with Crippen LogP contribution in [0.3, 0.4) is 0 Å². The minimum Gasteiger partial charge on any atom is -0.396 e. The molecular weight excluding hydrogens is 186 g/mol. The summed E-state index contributed by atoms with van der Waals surface area (Å²) in [5, 5.41) is 12.9. The zero-order valence-electron chi connectivity index (χ0n) is 10.3. The fourth-order valence-corrected chi connectivity index (χ4v) is 2.74. The summed E-state index contributed by atoms with van der Waals surface area (Å²) in [5.41, 5.74) is 0. The summed E-state index contributed by atoms with van der Waals surface area (Å²) in [5.74, 6) is 1.29. The Morgan fingerprint density at radius 1 is 1.27 bits per heavy atom. The fraction of sp³-hybridized carbons (Fsp3) is 1.00. The molecule has 0 amide bonds. The average Bonchev–Trinajstić information content (AvgIpc) is 2.71. The lowest BCUT2D eigenvalue weighted by Crippen LogP contribution is -2.34. The Kier molecular flexibility index (Phi) is 6.26. The molecule has 1 saturated carbocycles. The number of hydrogen-bond donors (Lipinski definition) is 2. The van der Waals surface area contributed by atoms with Gasteiger partial charge in [0.05, 0.1) is 0 Å². The molecule has 0 radical (unpaired) electrons. The summed E-state index contributed by atoms with van der Waals surface area (Å²) in [6.45, 7) is 6.00. The Bertz CT molecular complexity index is 161. The minimum atomic E-state index is 0.386. The molecule has 15 heavy (non-hydrogen) atoms. The van der Waals surface area contributed by atoms with Crippen molar-refractivity contribution in [2.75, 3.05) is 13.2 Å². The van der Waals surface area contributed by atoms with Crippen molar-refractivity contribution in [3.05, 3.63) is 0 Å². The second-order valence-electron chi connectivity index (χ2n) is 4.94. The van der Waals surface area contributed by atoms with Gasteiger partial charge in [-0.1, -0.05) is 26.7 Å². The molecule has 3 unspecified atom stereocenters. The maximum absolute atomic E-state index is 9.23. The van der Waals surface area contributed by atoms with Gasteiger partial charge >= 0.3 is 0 Å². The summed E-state index contributed by atoms with van der Waals surface area (Å²) in [6, 6.07) is 0.690.